The van der Waals surface area contributed by atoms with E-state index in [1.54, 1.807) is 12.1 Å². The van der Waals surface area contributed by atoms with Crippen LogP contribution in [0.2, 0.25) is 0 Å². The lowest BCUT2D eigenvalue weighted by molar-refractivity contribution is -0.143. The first-order valence-electron chi connectivity index (χ1n) is 6.73. The average Bonchev–Trinajstić information content (AvgIpc) is 2.43. The Kier molecular flexibility index (Phi) is 7.18. The molecule has 112 valence electrons. The Morgan fingerprint density at radius 3 is 2.50 bits per heavy atom. The van der Waals surface area contributed by atoms with Gasteiger partial charge in [-0.1, -0.05) is 12.1 Å². The van der Waals surface area contributed by atoms with Crippen LogP contribution >= 0.6 is 0 Å². The van der Waals surface area contributed by atoms with Gasteiger partial charge >= 0.3 is 5.97 Å². The van der Waals surface area contributed by atoms with Gasteiger partial charge in [0.15, 0.2) is 0 Å². The maximum atomic E-state index is 12.9. The van der Waals surface area contributed by atoms with Gasteiger partial charge in [0.05, 0.1) is 13.2 Å². The quantitative estimate of drug-likeness (QED) is 0.588. The van der Waals surface area contributed by atoms with Gasteiger partial charge in [-0.15, -0.1) is 0 Å². The molecule has 0 saturated carbocycles. The normalized spacial score (nSPS) is 12.4. The molecule has 1 rings (SSSR count). The SMILES string of the molecule is COC(=O)C(NCCCOC(C)C)c1ccc(F)cc1. The molecule has 1 N–H and O–H groups in total. The molecule has 0 spiro atoms. The van der Waals surface area contributed by atoms with Crippen molar-refractivity contribution in [3.05, 3.63) is 35.6 Å². The van der Waals surface area contributed by atoms with Gasteiger partial charge in [0.25, 0.3) is 0 Å². The summed E-state index contributed by atoms with van der Waals surface area (Å²) in [7, 11) is 1.34. The lowest BCUT2D eigenvalue weighted by atomic mass is 10.1. The van der Waals surface area contributed by atoms with Crippen molar-refractivity contribution >= 4 is 5.97 Å². The van der Waals surface area contributed by atoms with Gasteiger partial charge in [-0.2, -0.15) is 0 Å². The highest BCUT2D eigenvalue weighted by Gasteiger charge is 2.20. The molecule has 1 aromatic carbocycles. The highest BCUT2D eigenvalue weighted by molar-refractivity contribution is 5.77. The molecule has 1 aromatic rings. The van der Waals surface area contributed by atoms with E-state index in [0.717, 1.165) is 6.42 Å². The molecule has 0 aromatic heterocycles. The van der Waals surface area contributed by atoms with E-state index in [1.807, 2.05) is 13.8 Å². The van der Waals surface area contributed by atoms with E-state index >= 15 is 0 Å². The van der Waals surface area contributed by atoms with E-state index in [1.165, 1.54) is 19.2 Å². The van der Waals surface area contributed by atoms with Crippen LogP contribution in [0, 0.1) is 5.82 Å². The van der Waals surface area contributed by atoms with Crippen LogP contribution in [0.4, 0.5) is 4.39 Å². The number of ether oxygens (including phenoxy) is 2. The zero-order valence-electron chi connectivity index (χ0n) is 12.2. The number of halogens is 1. The number of rotatable bonds is 8. The summed E-state index contributed by atoms with van der Waals surface area (Å²) in [4.78, 5) is 11.8. The number of nitrogens with one attached hydrogen (secondary N) is 1. The van der Waals surface area contributed by atoms with Crippen molar-refractivity contribution in [2.75, 3.05) is 20.3 Å². The van der Waals surface area contributed by atoms with Crippen LogP contribution in [0.5, 0.6) is 0 Å². The molecule has 4 nitrogen and oxygen atoms in total. The maximum Gasteiger partial charge on any atom is 0.327 e. The molecule has 1 unspecified atom stereocenters. The first-order valence-corrected chi connectivity index (χ1v) is 6.73. The van der Waals surface area contributed by atoms with E-state index in [4.69, 9.17) is 9.47 Å². The molecule has 0 fully saturated rings. The van der Waals surface area contributed by atoms with Crippen LogP contribution in [-0.2, 0) is 14.3 Å². The second-order valence-corrected chi connectivity index (χ2v) is 4.73. The van der Waals surface area contributed by atoms with Crippen LogP contribution < -0.4 is 5.32 Å². The molecule has 0 radical (unpaired) electrons. The fraction of sp³-hybridized carbons (Fsp3) is 0.533. The molecule has 5 heteroatoms. The molecular formula is C15H22FNO3. The topological polar surface area (TPSA) is 47.6 Å². The number of hydrogen-bond donors (Lipinski definition) is 1. The van der Waals surface area contributed by atoms with Gasteiger partial charge in [0.1, 0.15) is 11.9 Å². The summed E-state index contributed by atoms with van der Waals surface area (Å²) in [5, 5.41) is 3.10. The van der Waals surface area contributed by atoms with Crippen LogP contribution in [-0.4, -0.2) is 32.3 Å². The third-order valence-electron chi connectivity index (χ3n) is 2.76. The van der Waals surface area contributed by atoms with E-state index < -0.39 is 6.04 Å². The van der Waals surface area contributed by atoms with Crippen molar-refractivity contribution < 1.29 is 18.7 Å². The van der Waals surface area contributed by atoms with Gasteiger partial charge in [-0.05, 0) is 44.5 Å². The number of carbonyl (C=O) groups is 1. The first-order chi connectivity index (χ1) is 9.54. The van der Waals surface area contributed by atoms with Crippen molar-refractivity contribution in [1.29, 1.82) is 0 Å². The Morgan fingerprint density at radius 2 is 1.95 bits per heavy atom. The summed E-state index contributed by atoms with van der Waals surface area (Å²) >= 11 is 0. The van der Waals surface area contributed by atoms with Crippen molar-refractivity contribution in [2.24, 2.45) is 0 Å². The predicted octanol–water partition coefficient (Wildman–Crippen LogP) is 2.44. The summed E-state index contributed by atoms with van der Waals surface area (Å²) in [6.45, 7) is 5.19. The van der Waals surface area contributed by atoms with Crippen LogP contribution in [0.15, 0.2) is 24.3 Å². The lowest BCUT2D eigenvalue weighted by Crippen LogP contribution is -2.31. The number of methoxy groups -OCH3 is 1. The average molecular weight is 283 g/mol. The van der Waals surface area contributed by atoms with Crippen LogP contribution in [0.25, 0.3) is 0 Å². The Bertz CT molecular complexity index is 406. The maximum absolute atomic E-state index is 12.9. The minimum absolute atomic E-state index is 0.198. The monoisotopic (exact) mass is 283 g/mol. The van der Waals surface area contributed by atoms with Crippen LogP contribution in [0.3, 0.4) is 0 Å². The zero-order chi connectivity index (χ0) is 15.0. The minimum Gasteiger partial charge on any atom is -0.468 e. The predicted molar refractivity (Wildman–Crippen MR) is 74.9 cm³/mol. The third-order valence-corrected chi connectivity index (χ3v) is 2.76. The van der Waals surface area contributed by atoms with E-state index in [0.29, 0.717) is 18.7 Å². The summed E-state index contributed by atoms with van der Waals surface area (Å²) in [6, 6.07) is 5.23. The van der Waals surface area contributed by atoms with Crippen molar-refractivity contribution in [2.45, 2.75) is 32.4 Å². The molecule has 0 aliphatic carbocycles. The van der Waals surface area contributed by atoms with Crippen molar-refractivity contribution in [1.82, 2.24) is 5.32 Å². The smallest absolute Gasteiger partial charge is 0.327 e. The van der Waals surface area contributed by atoms with Crippen molar-refractivity contribution in [3.63, 3.8) is 0 Å². The molecule has 0 saturated heterocycles. The second-order valence-electron chi connectivity index (χ2n) is 4.73. The second kappa shape index (κ2) is 8.66. The molecular weight excluding hydrogens is 261 g/mol. The van der Waals surface area contributed by atoms with Gasteiger partial charge in [-0.3, -0.25) is 0 Å². The molecule has 0 heterocycles. The number of carbonyl (C=O) groups excluding carboxylic acids is 1. The minimum atomic E-state index is -0.584. The molecule has 1 atom stereocenters. The molecule has 0 aliphatic heterocycles. The van der Waals surface area contributed by atoms with E-state index in [2.05, 4.69) is 5.32 Å². The number of hydrogen-bond acceptors (Lipinski definition) is 4. The van der Waals surface area contributed by atoms with E-state index in [9.17, 15) is 9.18 Å². The van der Waals surface area contributed by atoms with Crippen LogP contribution in [0.1, 0.15) is 31.9 Å². The van der Waals surface area contributed by atoms with Gasteiger partial charge in [0, 0.05) is 6.61 Å². The standard InChI is InChI=1S/C15H22FNO3/c1-11(2)20-10-4-9-17-14(15(18)19-3)12-5-7-13(16)8-6-12/h5-8,11,14,17H,4,9-10H2,1-3H3. The fourth-order valence-electron chi connectivity index (χ4n) is 1.75. The fourth-order valence-corrected chi connectivity index (χ4v) is 1.75. The number of benzene rings is 1. The zero-order valence-corrected chi connectivity index (χ0v) is 12.2. The highest BCUT2D eigenvalue weighted by atomic mass is 19.1. The summed E-state index contributed by atoms with van der Waals surface area (Å²) in [5.74, 6) is -0.718. The van der Waals surface area contributed by atoms with Gasteiger partial charge in [0.2, 0.25) is 0 Å². The molecule has 20 heavy (non-hydrogen) atoms. The Morgan fingerprint density at radius 1 is 1.30 bits per heavy atom. The Labute approximate surface area is 119 Å². The van der Waals surface area contributed by atoms with Gasteiger partial charge < -0.3 is 14.8 Å². The molecule has 0 bridgehead atoms. The largest absolute Gasteiger partial charge is 0.468 e. The molecule has 0 amide bonds. The Hall–Kier alpha value is -1.46. The summed E-state index contributed by atoms with van der Waals surface area (Å²) < 4.78 is 23.1. The Balaban J connectivity index is 2.53. The molecule has 0 aliphatic rings. The summed E-state index contributed by atoms with van der Waals surface area (Å²) in [6.07, 6.45) is 0.982. The third kappa shape index (κ3) is 5.67. The highest BCUT2D eigenvalue weighted by Crippen LogP contribution is 2.15. The summed E-state index contributed by atoms with van der Waals surface area (Å²) in [5.41, 5.74) is 0.683. The van der Waals surface area contributed by atoms with Crippen molar-refractivity contribution in [3.8, 4) is 0 Å². The lowest BCUT2D eigenvalue weighted by Gasteiger charge is -2.17. The van der Waals surface area contributed by atoms with E-state index in [-0.39, 0.29) is 17.9 Å². The van der Waals surface area contributed by atoms with Gasteiger partial charge in [-0.25, -0.2) is 9.18 Å². The number of esters is 1. The first kappa shape index (κ1) is 16.6.